The number of unbranched alkanes of at least 4 members (excludes halogenated alkanes) is 4. The third kappa shape index (κ3) is 3.42. The zero-order chi connectivity index (χ0) is 13.5. The number of rotatable bonds is 7. The summed E-state index contributed by atoms with van der Waals surface area (Å²) in [6.45, 7) is 3.05. The van der Waals surface area contributed by atoms with Crippen molar-refractivity contribution in [2.24, 2.45) is 0 Å². The molecular weight excluding hydrogens is 256 g/mol. The van der Waals surface area contributed by atoms with E-state index in [1.807, 2.05) is 22.2 Å². The maximum Gasteiger partial charge on any atom is 0.191 e. The van der Waals surface area contributed by atoms with E-state index in [1.165, 1.54) is 25.7 Å². The van der Waals surface area contributed by atoms with Gasteiger partial charge in [0.2, 0.25) is 0 Å². The minimum Gasteiger partial charge on any atom is -0.242 e. The standard InChI is InChI=1S/C14H18N4S/c1-2-3-4-5-6-9-18-14(12(11-15)16-17-18)13-8-7-10-19-13/h7-8,10H,2-6,9H2,1H3. The Kier molecular flexibility index (Phi) is 5.10. The van der Waals surface area contributed by atoms with Gasteiger partial charge in [-0.05, 0) is 17.9 Å². The zero-order valence-corrected chi connectivity index (χ0v) is 12.0. The molecule has 2 aromatic rings. The van der Waals surface area contributed by atoms with Gasteiger partial charge in [-0.25, -0.2) is 4.68 Å². The summed E-state index contributed by atoms with van der Waals surface area (Å²) in [5.74, 6) is 0. The highest BCUT2D eigenvalue weighted by Gasteiger charge is 2.15. The lowest BCUT2D eigenvalue weighted by Gasteiger charge is -2.04. The molecule has 4 nitrogen and oxygen atoms in total. The second kappa shape index (κ2) is 7.05. The fourth-order valence-corrected chi connectivity index (χ4v) is 2.84. The molecule has 0 atom stereocenters. The van der Waals surface area contributed by atoms with E-state index in [-0.39, 0.29) is 0 Å². The zero-order valence-electron chi connectivity index (χ0n) is 11.2. The summed E-state index contributed by atoms with van der Waals surface area (Å²) in [5.41, 5.74) is 1.30. The van der Waals surface area contributed by atoms with E-state index < -0.39 is 0 Å². The fraction of sp³-hybridized carbons (Fsp3) is 0.500. The van der Waals surface area contributed by atoms with Gasteiger partial charge in [0.05, 0.1) is 4.88 Å². The molecule has 100 valence electrons. The van der Waals surface area contributed by atoms with Crippen molar-refractivity contribution in [2.75, 3.05) is 0 Å². The predicted octanol–water partition coefficient (Wildman–Crippen LogP) is 3.85. The van der Waals surface area contributed by atoms with Crippen LogP contribution in [0.4, 0.5) is 0 Å². The molecule has 0 bridgehead atoms. The van der Waals surface area contributed by atoms with E-state index in [0.29, 0.717) is 5.69 Å². The third-order valence-electron chi connectivity index (χ3n) is 3.07. The SMILES string of the molecule is CCCCCCCn1nnc(C#N)c1-c1cccs1. The van der Waals surface area contributed by atoms with Crippen LogP contribution in [0.5, 0.6) is 0 Å². The van der Waals surface area contributed by atoms with Crippen LogP contribution in [0.2, 0.25) is 0 Å². The van der Waals surface area contributed by atoms with Crippen LogP contribution in [0.1, 0.15) is 44.7 Å². The Morgan fingerprint density at radius 3 is 2.84 bits per heavy atom. The maximum atomic E-state index is 9.11. The first-order valence-electron chi connectivity index (χ1n) is 6.74. The first-order valence-corrected chi connectivity index (χ1v) is 7.62. The Balaban J connectivity index is 2.05. The van der Waals surface area contributed by atoms with Crippen molar-refractivity contribution in [3.05, 3.63) is 23.2 Å². The van der Waals surface area contributed by atoms with Crippen LogP contribution in [-0.2, 0) is 6.54 Å². The van der Waals surface area contributed by atoms with Gasteiger partial charge in [-0.1, -0.05) is 43.9 Å². The lowest BCUT2D eigenvalue weighted by molar-refractivity contribution is 0.525. The Morgan fingerprint density at radius 2 is 2.16 bits per heavy atom. The Hall–Kier alpha value is -1.67. The first-order chi connectivity index (χ1) is 9.36. The number of thiophene rings is 1. The van der Waals surface area contributed by atoms with Crippen LogP contribution in [0.15, 0.2) is 17.5 Å². The molecule has 0 aromatic carbocycles. The van der Waals surface area contributed by atoms with Crippen molar-refractivity contribution in [3.63, 3.8) is 0 Å². The van der Waals surface area contributed by atoms with Crippen molar-refractivity contribution < 1.29 is 0 Å². The largest absolute Gasteiger partial charge is 0.242 e. The highest BCUT2D eigenvalue weighted by Crippen LogP contribution is 2.26. The smallest absolute Gasteiger partial charge is 0.191 e. The molecule has 0 aliphatic rings. The molecule has 0 radical (unpaired) electrons. The summed E-state index contributed by atoms with van der Waals surface area (Å²) in [6.07, 6.45) is 6.11. The summed E-state index contributed by atoms with van der Waals surface area (Å²) >= 11 is 1.62. The molecule has 0 spiro atoms. The van der Waals surface area contributed by atoms with Gasteiger partial charge in [-0.3, -0.25) is 0 Å². The molecule has 5 heteroatoms. The predicted molar refractivity (Wildman–Crippen MR) is 76.8 cm³/mol. The van der Waals surface area contributed by atoms with Crippen molar-refractivity contribution >= 4 is 11.3 Å². The summed E-state index contributed by atoms with van der Waals surface area (Å²) in [4.78, 5) is 1.06. The number of hydrogen-bond acceptors (Lipinski definition) is 4. The molecule has 2 aromatic heterocycles. The van der Waals surface area contributed by atoms with Gasteiger partial charge >= 0.3 is 0 Å². The molecule has 0 aliphatic carbocycles. The van der Waals surface area contributed by atoms with E-state index in [2.05, 4.69) is 23.3 Å². The second-order valence-electron chi connectivity index (χ2n) is 4.51. The van der Waals surface area contributed by atoms with E-state index >= 15 is 0 Å². The van der Waals surface area contributed by atoms with Crippen molar-refractivity contribution in [2.45, 2.75) is 45.6 Å². The average molecular weight is 274 g/mol. The monoisotopic (exact) mass is 274 g/mol. The number of nitrogens with zero attached hydrogens (tertiary/aromatic N) is 4. The summed E-state index contributed by atoms with van der Waals surface area (Å²) in [7, 11) is 0. The van der Waals surface area contributed by atoms with Gasteiger partial charge in [0.1, 0.15) is 11.8 Å². The van der Waals surface area contributed by atoms with Crippen molar-refractivity contribution in [1.82, 2.24) is 15.0 Å². The third-order valence-corrected chi connectivity index (χ3v) is 3.95. The Morgan fingerprint density at radius 1 is 1.32 bits per heavy atom. The van der Waals surface area contributed by atoms with Gasteiger partial charge in [0.15, 0.2) is 5.69 Å². The summed E-state index contributed by atoms with van der Waals surface area (Å²) < 4.78 is 1.87. The van der Waals surface area contributed by atoms with E-state index in [0.717, 1.165) is 23.5 Å². The van der Waals surface area contributed by atoms with Crippen LogP contribution < -0.4 is 0 Å². The van der Waals surface area contributed by atoms with Crippen LogP contribution in [-0.4, -0.2) is 15.0 Å². The van der Waals surface area contributed by atoms with Gasteiger partial charge in [0, 0.05) is 6.54 Å². The van der Waals surface area contributed by atoms with Crippen LogP contribution >= 0.6 is 11.3 Å². The number of aryl methyl sites for hydroxylation is 1. The van der Waals surface area contributed by atoms with Gasteiger partial charge < -0.3 is 0 Å². The van der Waals surface area contributed by atoms with E-state index in [1.54, 1.807) is 11.3 Å². The van der Waals surface area contributed by atoms with Gasteiger partial charge in [0.25, 0.3) is 0 Å². The van der Waals surface area contributed by atoms with E-state index in [9.17, 15) is 0 Å². The highest BCUT2D eigenvalue weighted by atomic mass is 32.1. The first kappa shape index (κ1) is 13.8. The van der Waals surface area contributed by atoms with Crippen LogP contribution in [0.3, 0.4) is 0 Å². The number of hydrogen-bond donors (Lipinski definition) is 0. The molecule has 0 N–H and O–H groups in total. The molecule has 0 saturated carbocycles. The normalized spacial score (nSPS) is 10.5. The maximum absolute atomic E-state index is 9.11. The highest BCUT2D eigenvalue weighted by molar-refractivity contribution is 7.13. The van der Waals surface area contributed by atoms with Gasteiger partial charge in [-0.15, -0.1) is 16.4 Å². The minimum absolute atomic E-state index is 0.427. The number of nitriles is 1. The van der Waals surface area contributed by atoms with E-state index in [4.69, 9.17) is 5.26 Å². The molecule has 2 heterocycles. The topological polar surface area (TPSA) is 54.5 Å². The van der Waals surface area contributed by atoms with Crippen molar-refractivity contribution in [3.8, 4) is 16.6 Å². The molecule has 0 aliphatic heterocycles. The lowest BCUT2D eigenvalue weighted by atomic mass is 10.1. The molecule has 0 amide bonds. The van der Waals surface area contributed by atoms with Crippen LogP contribution in [0.25, 0.3) is 10.6 Å². The molecule has 2 rings (SSSR count). The fourth-order valence-electron chi connectivity index (χ4n) is 2.07. The second-order valence-corrected chi connectivity index (χ2v) is 5.46. The average Bonchev–Trinajstić information content (AvgIpc) is 3.06. The van der Waals surface area contributed by atoms with Crippen molar-refractivity contribution in [1.29, 1.82) is 5.26 Å². The quantitative estimate of drug-likeness (QED) is 0.721. The number of aromatic nitrogens is 3. The summed E-state index contributed by atoms with van der Waals surface area (Å²) in [5, 5.41) is 19.2. The van der Waals surface area contributed by atoms with Gasteiger partial charge in [-0.2, -0.15) is 5.26 Å². The van der Waals surface area contributed by atoms with Crippen LogP contribution in [0, 0.1) is 11.3 Å². The molecule has 0 fully saturated rings. The minimum atomic E-state index is 0.427. The lowest BCUT2D eigenvalue weighted by Crippen LogP contribution is -2.02. The Labute approximate surface area is 117 Å². The molecule has 0 saturated heterocycles. The Bertz CT molecular complexity index is 536. The molecular formula is C14H18N4S. The molecule has 0 unspecified atom stereocenters. The molecule has 19 heavy (non-hydrogen) atoms. The summed E-state index contributed by atoms with van der Waals surface area (Å²) in [6, 6.07) is 6.12.